The van der Waals surface area contributed by atoms with Crippen molar-refractivity contribution in [3.8, 4) is 0 Å². The van der Waals surface area contributed by atoms with Gasteiger partial charge in [0.25, 0.3) is 0 Å². The van der Waals surface area contributed by atoms with Crippen LogP contribution < -0.4 is 0 Å². The number of hydrogen-bond acceptors (Lipinski definition) is 3. The number of aliphatic carboxylic acids is 1. The van der Waals surface area contributed by atoms with E-state index in [-0.39, 0.29) is 0 Å². The Kier molecular flexibility index (Phi) is 6.12. The van der Waals surface area contributed by atoms with Crippen LogP contribution >= 0.6 is 11.8 Å². The second-order valence-corrected chi connectivity index (χ2v) is 7.04. The van der Waals surface area contributed by atoms with Crippen LogP contribution in [-0.4, -0.2) is 47.1 Å². The van der Waals surface area contributed by atoms with Crippen molar-refractivity contribution >= 4 is 17.7 Å². The lowest BCUT2D eigenvalue weighted by atomic mass is 9.73. The van der Waals surface area contributed by atoms with Crippen LogP contribution in [0.4, 0.5) is 0 Å². The maximum Gasteiger partial charge on any atom is 0.314 e. The number of hydrogen-bond donors (Lipinski definition) is 1. The Morgan fingerprint density at radius 2 is 1.95 bits per heavy atom. The first-order chi connectivity index (χ1) is 10.2. The van der Waals surface area contributed by atoms with Gasteiger partial charge in [-0.1, -0.05) is 37.3 Å². The molecular formula is C17H25NO2S. The number of rotatable bonds is 7. The molecule has 0 spiro atoms. The van der Waals surface area contributed by atoms with Crippen LogP contribution in [0, 0.1) is 0 Å². The van der Waals surface area contributed by atoms with E-state index < -0.39 is 11.4 Å². The second kappa shape index (κ2) is 7.85. The molecule has 1 heterocycles. The van der Waals surface area contributed by atoms with E-state index in [1.807, 2.05) is 42.1 Å². The van der Waals surface area contributed by atoms with E-state index in [4.69, 9.17) is 0 Å². The van der Waals surface area contributed by atoms with E-state index in [1.165, 1.54) is 17.9 Å². The predicted molar refractivity (Wildman–Crippen MR) is 89.0 cm³/mol. The Bertz CT molecular complexity index is 441. The Morgan fingerprint density at radius 3 is 2.52 bits per heavy atom. The highest BCUT2D eigenvalue weighted by Crippen LogP contribution is 2.35. The van der Waals surface area contributed by atoms with Crippen molar-refractivity contribution in [2.45, 2.75) is 31.6 Å². The fraction of sp³-hybridized carbons (Fsp3) is 0.588. The van der Waals surface area contributed by atoms with Crippen LogP contribution in [0.3, 0.4) is 0 Å². The number of carboxylic acids is 1. The number of piperidine rings is 1. The number of benzene rings is 1. The summed E-state index contributed by atoms with van der Waals surface area (Å²) in [7, 11) is 0. The van der Waals surface area contributed by atoms with Gasteiger partial charge in [-0.25, -0.2) is 0 Å². The van der Waals surface area contributed by atoms with Crippen molar-refractivity contribution < 1.29 is 9.90 Å². The number of thioether (sulfide) groups is 1. The summed E-state index contributed by atoms with van der Waals surface area (Å²) < 4.78 is 0. The molecule has 1 N–H and O–H groups in total. The molecule has 0 amide bonds. The Hall–Kier alpha value is -1.00. The summed E-state index contributed by atoms with van der Waals surface area (Å²) in [4.78, 5) is 14.3. The standard InChI is InChI=1S/C17H25NO2S/c1-2-21-14-6-11-18-12-9-17(10-13-18,16(19)20)15-7-4-3-5-8-15/h3-5,7-8H,2,6,9-14H2,1H3,(H,19,20). The van der Waals surface area contributed by atoms with Crippen LogP contribution in [0.2, 0.25) is 0 Å². The molecule has 2 rings (SSSR count). The number of likely N-dealkylation sites (tertiary alicyclic amines) is 1. The molecule has 3 nitrogen and oxygen atoms in total. The SMILES string of the molecule is CCSCCCN1CCC(C(=O)O)(c2ccccc2)CC1. The molecule has 0 unspecified atom stereocenters. The molecule has 1 aliphatic rings. The summed E-state index contributed by atoms with van der Waals surface area (Å²) in [6.07, 6.45) is 2.63. The van der Waals surface area contributed by atoms with Crippen molar-refractivity contribution in [1.82, 2.24) is 4.90 Å². The van der Waals surface area contributed by atoms with Crippen molar-refractivity contribution in [2.75, 3.05) is 31.1 Å². The number of carbonyl (C=O) groups is 1. The molecule has 1 aromatic carbocycles. The minimum Gasteiger partial charge on any atom is -0.481 e. The van der Waals surface area contributed by atoms with Crippen molar-refractivity contribution in [3.63, 3.8) is 0 Å². The molecule has 1 aliphatic heterocycles. The first-order valence-electron chi connectivity index (χ1n) is 7.78. The Morgan fingerprint density at radius 1 is 1.29 bits per heavy atom. The molecule has 1 aromatic rings. The van der Waals surface area contributed by atoms with Gasteiger partial charge in [0.1, 0.15) is 0 Å². The zero-order chi connectivity index (χ0) is 15.1. The van der Waals surface area contributed by atoms with E-state index in [9.17, 15) is 9.90 Å². The summed E-state index contributed by atoms with van der Waals surface area (Å²) >= 11 is 1.98. The van der Waals surface area contributed by atoms with Gasteiger partial charge >= 0.3 is 5.97 Å². The lowest BCUT2D eigenvalue weighted by Gasteiger charge is -2.39. The van der Waals surface area contributed by atoms with Crippen LogP contribution in [0.25, 0.3) is 0 Å². The third-order valence-corrected chi connectivity index (χ3v) is 5.40. The molecule has 0 aromatic heterocycles. The molecule has 4 heteroatoms. The van der Waals surface area contributed by atoms with Crippen molar-refractivity contribution in [1.29, 1.82) is 0 Å². The maximum atomic E-state index is 11.9. The van der Waals surface area contributed by atoms with E-state index >= 15 is 0 Å². The number of carboxylic acid groups (broad SMARTS) is 1. The van der Waals surface area contributed by atoms with Gasteiger partial charge in [0, 0.05) is 0 Å². The Labute approximate surface area is 131 Å². The van der Waals surface area contributed by atoms with Gasteiger partial charge in [-0.2, -0.15) is 11.8 Å². The molecule has 1 fully saturated rings. The second-order valence-electron chi connectivity index (χ2n) is 5.65. The highest BCUT2D eigenvalue weighted by atomic mass is 32.2. The summed E-state index contributed by atoms with van der Waals surface area (Å²) in [5.74, 6) is 1.71. The minimum absolute atomic E-state index is 0.671. The molecular weight excluding hydrogens is 282 g/mol. The highest BCUT2D eigenvalue weighted by Gasteiger charge is 2.42. The normalized spacial score (nSPS) is 18.5. The largest absolute Gasteiger partial charge is 0.481 e. The van der Waals surface area contributed by atoms with Crippen molar-refractivity contribution in [3.05, 3.63) is 35.9 Å². The van der Waals surface area contributed by atoms with Gasteiger partial charge in [0.2, 0.25) is 0 Å². The molecule has 0 bridgehead atoms. The lowest BCUT2D eigenvalue weighted by molar-refractivity contribution is -0.146. The lowest BCUT2D eigenvalue weighted by Crippen LogP contribution is -2.47. The average molecular weight is 307 g/mol. The van der Waals surface area contributed by atoms with Crippen LogP contribution in [0.1, 0.15) is 31.7 Å². The average Bonchev–Trinajstić information content (AvgIpc) is 2.53. The fourth-order valence-electron chi connectivity index (χ4n) is 3.08. The van der Waals surface area contributed by atoms with E-state index in [0.29, 0.717) is 12.8 Å². The van der Waals surface area contributed by atoms with Gasteiger partial charge in [-0.05, 0) is 56.0 Å². The van der Waals surface area contributed by atoms with E-state index in [1.54, 1.807) is 0 Å². The zero-order valence-electron chi connectivity index (χ0n) is 12.8. The predicted octanol–water partition coefficient (Wildman–Crippen LogP) is 3.25. The van der Waals surface area contributed by atoms with Gasteiger partial charge in [-0.3, -0.25) is 4.79 Å². The summed E-state index contributed by atoms with van der Waals surface area (Å²) in [5, 5.41) is 9.75. The van der Waals surface area contributed by atoms with Crippen LogP contribution in [0.15, 0.2) is 30.3 Å². The molecule has 0 atom stereocenters. The summed E-state index contributed by atoms with van der Waals surface area (Å²) in [5.41, 5.74) is 0.273. The van der Waals surface area contributed by atoms with E-state index in [0.717, 1.165) is 25.2 Å². The molecule has 116 valence electrons. The highest BCUT2D eigenvalue weighted by molar-refractivity contribution is 7.99. The molecule has 0 aliphatic carbocycles. The smallest absolute Gasteiger partial charge is 0.314 e. The fourth-order valence-corrected chi connectivity index (χ4v) is 3.70. The third-order valence-electron chi connectivity index (χ3n) is 4.41. The van der Waals surface area contributed by atoms with Crippen molar-refractivity contribution in [2.24, 2.45) is 0 Å². The van der Waals surface area contributed by atoms with Gasteiger partial charge in [-0.15, -0.1) is 0 Å². The maximum absolute atomic E-state index is 11.9. The molecule has 0 radical (unpaired) electrons. The van der Waals surface area contributed by atoms with Gasteiger partial charge in [0.05, 0.1) is 5.41 Å². The first-order valence-corrected chi connectivity index (χ1v) is 8.93. The quantitative estimate of drug-likeness (QED) is 0.785. The monoisotopic (exact) mass is 307 g/mol. The zero-order valence-corrected chi connectivity index (χ0v) is 13.6. The van der Waals surface area contributed by atoms with Crippen LogP contribution in [-0.2, 0) is 10.2 Å². The minimum atomic E-state index is -0.685. The number of nitrogens with zero attached hydrogens (tertiary/aromatic N) is 1. The first kappa shape index (κ1) is 16.4. The summed E-state index contributed by atoms with van der Waals surface area (Å²) in [6, 6.07) is 9.74. The summed E-state index contributed by atoms with van der Waals surface area (Å²) in [6.45, 7) is 5.06. The Balaban J connectivity index is 1.94. The molecule has 1 saturated heterocycles. The third kappa shape index (κ3) is 4.01. The van der Waals surface area contributed by atoms with Crippen LogP contribution in [0.5, 0.6) is 0 Å². The van der Waals surface area contributed by atoms with Gasteiger partial charge < -0.3 is 10.0 Å². The van der Waals surface area contributed by atoms with Gasteiger partial charge in [0.15, 0.2) is 0 Å². The molecule has 0 saturated carbocycles. The topological polar surface area (TPSA) is 40.5 Å². The molecule has 21 heavy (non-hydrogen) atoms. The van der Waals surface area contributed by atoms with E-state index in [2.05, 4.69) is 11.8 Å².